The molecule has 3 aromatic carbocycles. The Morgan fingerprint density at radius 3 is 2.57 bits per heavy atom. The van der Waals surface area contributed by atoms with E-state index in [9.17, 15) is 4.79 Å². The van der Waals surface area contributed by atoms with Gasteiger partial charge in [0.1, 0.15) is 11.3 Å². The fraction of sp³-hybridized carbons (Fsp3) is 0. The summed E-state index contributed by atoms with van der Waals surface area (Å²) in [5.74, 6) is 0.492. The molecular weight excluding hydrogens is 573 g/mol. The number of fused-ring (bicyclic) bond motifs is 1. The second-order valence-electron chi connectivity index (χ2n) is 7.38. The highest BCUT2D eigenvalue weighted by Gasteiger charge is 2.16. The summed E-state index contributed by atoms with van der Waals surface area (Å²) < 4.78 is 12.5. The van der Waals surface area contributed by atoms with Gasteiger partial charge in [0.25, 0.3) is 5.91 Å². The van der Waals surface area contributed by atoms with Crippen molar-refractivity contribution in [1.82, 2.24) is 10.3 Å². The fourth-order valence-electron chi connectivity index (χ4n) is 3.35. The number of benzene rings is 3. The molecular formula is C25H14BrCl2N3O3S. The van der Waals surface area contributed by atoms with E-state index in [0.29, 0.717) is 44.0 Å². The largest absolute Gasteiger partial charge is 0.451 e. The predicted molar refractivity (Wildman–Crippen MR) is 145 cm³/mol. The van der Waals surface area contributed by atoms with Gasteiger partial charge in [-0.1, -0.05) is 45.2 Å². The third-order valence-corrected chi connectivity index (χ3v) is 6.56. The van der Waals surface area contributed by atoms with Crippen LogP contribution in [0, 0.1) is 0 Å². The first-order chi connectivity index (χ1) is 16.9. The molecule has 0 bridgehead atoms. The minimum Gasteiger partial charge on any atom is -0.451 e. The summed E-state index contributed by atoms with van der Waals surface area (Å²) in [4.78, 5) is 17.2. The molecule has 174 valence electrons. The van der Waals surface area contributed by atoms with Crippen molar-refractivity contribution in [3.8, 4) is 22.8 Å². The number of halogens is 3. The maximum atomic E-state index is 12.6. The van der Waals surface area contributed by atoms with Crippen LogP contribution in [0.3, 0.4) is 0 Å². The first-order valence-corrected chi connectivity index (χ1v) is 12.2. The highest BCUT2D eigenvalue weighted by atomic mass is 79.9. The Balaban J connectivity index is 1.27. The minimum absolute atomic E-state index is 0.0753. The molecule has 0 aliphatic rings. The van der Waals surface area contributed by atoms with Crippen LogP contribution < -0.4 is 10.6 Å². The van der Waals surface area contributed by atoms with E-state index >= 15 is 0 Å². The van der Waals surface area contributed by atoms with Crippen LogP contribution in [-0.2, 0) is 0 Å². The Morgan fingerprint density at radius 1 is 0.971 bits per heavy atom. The van der Waals surface area contributed by atoms with Crippen LogP contribution in [0.15, 0.2) is 86.1 Å². The summed E-state index contributed by atoms with van der Waals surface area (Å²) in [6.07, 6.45) is 0. The number of thiocarbonyl (C=S) groups is 1. The van der Waals surface area contributed by atoms with Crippen LogP contribution >= 0.6 is 51.3 Å². The SMILES string of the molecule is O=C(NC(=S)Nc1ccc2oc(-c3ccc(Br)cc3)nc2c1)c1ccc(-c2cccc(Cl)c2Cl)o1. The molecule has 2 N–H and O–H groups in total. The third kappa shape index (κ3) is 5.11. The number of carbonyl (C=O) groups is 1. The second kappa shape index (κ2) is 9.83. The standard InChI is InChI=1S/C25H14BrCl2N3O3S/c26-14-6-4-13(5-7-14)24-30-18-12-15(8-9-20(18)34-24)29-25(35)31-23(32)21-11-10-19(33-21)16-2-1-3-17(27)22(16)28/h1-12H,(H2,29,31,32,35). The number of aromatic nitrogens is 1. The molecule has 0 atom stereocenters. The van der Waals surface area contributed by atoms with Crippen molar-refractivity contribution in [2.24, 2.45) is 0 Å². The van der Waals surface area contributed by atoms with E-state index in [1.54, 1.807) is 42.5 Å². The molecule has 5 aromatic rings. The Bertz CT molecular complexity index is 1580. The Hall–Kier alpha value is -3.17. The van der Waals surface area contributed by atoms with Gasteiger partial charge in [-0.05, 0) is 78.9 Å². The lowest BCUT2D eigenvalue weighted by atomic mass is 10.2. The van der Waals surface area contributed by atoms with Gasteiger partial charge in [0, 0.05) is 21.3 Å². The van der Waals surface area contributed by atoms with Crippen LogP contribution in [0.2, 0.25) is 10.0 Å². The molecule has 0 aliphatic carbocycles. The number of hydrogen-bond donors (Lipinski definition) is 2. The molecule has 0 saturated carbocycles. The van der Waals surface area contributed by atoms with Crippen molar-refractivity contribution in [2.45, 2.75) is 0 Å². The van der Waals surface area contributed by atoms with E-state index in [1.807, 2.05) is 24.3 Å². The Labute approximate surface area is 223 Å². The molecule has 10 heteroatoms. The van der Waals surface area contributed by atoms with Crippen LogP contribution in [-0.4, -0.2) is 16.0 Å². The molecule has 0 saturated heterocycles. The summed E-state index contributed by atoms with van der Waals surface area (Å²) in [5.41, 5.74) is 3.37. The quantitative estimate of drug-likeness (QED) is 0.208. The van der Waals surface area contributed by atoms with Crippen molar-refractivity contribution in [2.75, 3.05) is 5.32 Å². The van der Waals surface area contributed by atoms with E-state index in [4.69, 9.17) is 44.3 Å². The maximum absolute atomic E-state index is 12.6. The zero-order chi connectivity index (χ0) is 24.5. The van der Waals surface area contributed by atoms with Crippen molar-refractivity contribution >= 4 is 79.2 Å². The Kier molecular flexibility index (Phi) is 6.62. The lowest BCUT2D eigenvalue weighted by molar-refractivity contribution is 0.0951. The van der Waals surface area contributed by atoms with E-state index in [-0.39, 0.29) is 10.9 Å². The molecule has 5 rings (SSSR count). The van der Waals surface area contributed by atoms with Gasteiger partial charge in [-0.3, -0.25) is 10.1 Å². The number of nitrogens with zero attached hydrogens (tertiary/aromatic N) is 1. The molecule has 0 radical (unpaired) electrons. The maximum Gasteiger partial charge on any atom is 0.293 e. The molecule has 35 heavy (non-hydrogen) atoms. The van der Waals surface area contributed by atoms with Crippen molar-refractivity contribution < 1.29 is 13.6 Å². The molecule has 2 heterocycles. The smallest absolute Gasteiger partial charge is 0.293 e. The van der Waals surface area contributed by atoms with Crippen molar-refractivity contribution in [3.63, 3.8) is 0 Å². The molecule has 0 spiro atoms. The number of anilines is 1. The lowest BCUT2D eigenvalue weighted by Gasteiger charge is -2.08. The number of oxazole rings is 1. The number of rotatable bonds is 4. The van der Waals surface area contributed by atoms with Crippen LogP contribution in [0.5, 0.6) is 0 Å². The van der Waals surface area contributed by atoms with Gasteiger partial charge in [-0.15, -0.1) is 0 Å². The average Bonchev–Trinajstić information content (AvgIpc) is 3.48. The molecule has 0 aliphatic heterocycles. The van der Waals surface area contributed by atoms with Crippen molar-refractivity contribution in [3.05, 3.63) is 93.1 Å². The van der Waals surface area contributed by atoms with E-state index in [0.717, 1.165) is 10.0 Å². The summed E-state index contributed by atoms with van der Waals surface area (Å²) in [5, 5.41) is 6.42. The van der Waals surface area contributed by atoms with Crippen LogP contribution in [0.1, 0.15) is 10.6 Å². The van der Waals surface area contributed by atoms with E-state index in [1.165, 1.54) is 6.07 Å². The fourth-order valence-corrected chi connectivity index (χ4v) is 4.22. The van der Waals surface area contributed by atoms with Gasteiger partial charge in [0.15, 0.2) is 16.5 Å². The van der Waals surface area contributed by atoms with E-state index < -0.39 is 5.91 Å². The molecule has 2 aromatic heterocycles. The second-order valence-corrected chi connectivity index (χ2v) is 9.49. The zero-order valence-electron chi connectivity index (χ0n) is 17.6. The first-order valence-electron chi connectivity index (χ1n) is 10.2. The minimum atomic E-state index is -0.507. The average molecular weight is 587 g/mol. The zero-order valence-corrected chi connectivity index (χ0v) is 21.6. The van der Waals surface area contributed by atoms with E-state index in [2.05, 4.69) is 31.5 Å². The first kappa shape index (κ1) is 23.6. The highest BCUT2D eigenvalue weighted by molar-refractivity contribution is 9.10. The summed E-state index contributed by atoms with van der Waals surface area (Å²) in [7, 11) is 0. The lowest BCUT2D eigenvalue weighted by Crippen LogP contribution is -2.33. The van der Waals surface area contributed by atoms with Crippen LogP contribution in [0.25, 0.3) is 33.9 Å². The van der Waals surface area contributed by atoms with Crippen LogP contribution in [0.4, 0.5) is 5.69 Å². The highest BCUT2D eigenvalue weighted by Crippen LogP contribution is 2.34. The summed E-state index contributed by atoms with van der Waals surface area (Å²) in [6.45, 7) is 0. The summed E-state index contributed by atoms with van der Waals surface area (Å²) in [6, 6.07) is 21.4. The van der Waals surface area contributed by atoms with Gasteiger partial charge in [-0.25, -0.2) is 4.98 Å². The summed E-state index contributed by atoms with van der Waals surface area (Å²) >= 11 is 21.0. The molecule has 1 amide bonds. The number of amides is 1. The molecule has 0 fully saturated rings. The number of nitrogens with one attached hydrogen (secondary N) is 2. The number of furan rings is 1. The normalized spacial score (nSPS) is 10.9. The van der Waals surface area contributed by atoms with Gasteiger partial charge < -0.3 is 14.2 Å². The van der Waals surface area contributed by atoms with Gasteiger partial charge in [0.05, 0.1) is 10.0 Å². The number of carbonyl (C=O) groups excluding carboxylic acids is 1. The molecule has 6 nitrogen and oxygen atoms in total. The third-order valence-electron chi connectivity index (χ3n) is 5.01. The van der Waals surface area contributed by atoms with Gasteiger partial charge >= 0.3 is 0 Å². The predicted octanol–water partition coefficient (Wildman–Crippen LogP) is 7.95. The van der Waals surface area contributed by atoms with Gasteiger partial charge in [-0.2, -0.15) is 0 Å². The molecule has 0 unspecified atom stereocenters. The number of hydrogen-bond acceptors (Lipinski definition) is 5. The van der Waals surface area contributed by atoms with Crippen molar-refractivity contribution in [1.29, 1.82) is 0 Å². The van der Waals surface area contributed by atoms with Gasteiger partial charge in [0.2, 0.25) is 5.89 Å². The Morgan fingerprint density at radius 2 is 1.77 bits per heavy atom. The topological polar surface area (TPSA) is 80.3 Å². The monoisotopic (exact) mass is 585 g/mol.